The van der Waals surface area contributed by atoms with Crippen LogP contribution >= 0.6 is 0 Å². The van der Waals surface area contributed by atoms with Gasteiger partial charge in [0.15, 0.2) is 0 Å². The Morgan fingerprint density at radius 3 is 1.09 bits per heavy atom. The number of aliphatic hydroxyl groups excluding tert-OH is 2. The van der Waals surface area contributed by atoms with Gasteiger partial charge in [-0.25, -0.2) is 8.78 Å². The number of esters is 1. The molecule has 10 heteroatoms. The molecule has 2 atom stereocenters. The molecule has 0 heterocycles. The molecule has 0 spiro atoms. The normalized spacial score (nSPS) is 12.4. The number of carbonyl (C=O) groups is 2. The van der Waals surface area contributed by atoms with Crippen LogP contribution in [0.4, 0.5) is 8.78 Å². The number of aryl methyl sites for hydroxylation is 6. The van der Waals surface area contributed by atoms with Crippen molar-refractivity contribution in [3.05, 3.63) is 188 Å². The molecule has 0 saturated carbocycles. The minimum atomic E-state index is -1.04. The van der Waals surface area contributed by atoms with E-state index in [4.69, 9.17) is 5.11 Å². The van der Waals surface area contributed by atoms with Crippen LogP contribution in [0.15, 0.2) is 109 Å². The van der Waals surface area contributed by atoms with E-state index >= 15 is 0 Å². The number of carboxylic acids is 1. The second kappa shape index (κ2) is 30.3. The van der Waals surface area contributed by atoms with Crippen LogP contribution in [0.2, 0.25) is 0 Å². The Labute approximate surface area is 501 Å². The number of carbonyl (C=O) groups excluding carboxylic acids is 1. The summed E-state index contributed by atoms with van der Waals surface area (Å²) in [5, 5.41) is 30.0. The monoisotopic (exact) mass is 1110 g/mol. The van der Waals surface area contributed by atoms with Gasteiger partial charge >= 0.3 is 41.5 Å². The summed E-state index contributed by atoms with van der Waals surface area (Å²) in [6, 6.07) is 36.4. The van der Waals surface area contributed by atoms with Crippen molar-refractivity contribution in [2.24, 2.45) is 10.8 Å². The number of aliphatic hydroxyl groups is 2. The summed E-state index contributed by atoms with van der Waals surface area (Å²) in [6.07, 6.45) is 5.95. The molecule has 0 aromatic heterocycles. The minimum Gasteiger partial charge on any atom is -0.870 e. The molecule has 0 aliphatic carbocycles. The van der Waals surface area contributed by atoms with E-state index < -0.39 is 23.6 Å². The molecule has 0 saturated heterocycles. The Hall–Kier alpha value is -5.00. The van der Waals surface area contributed by atoms with Crippen molar-refractivity contribution in [3.8, 4) is 22.3 Å². The van der Waals surface area contributed by atoms with Crippen molar-refractivity contribution in [2.75, 3.05) is 7.11 Å². The van der Waals surface area contributed by atoms with Crippen LogP contribution < -0.4 is 29.6 Å². The zero-order valence-electron chi connectivity index (χ0n) is 50.4. The van der Waals surface area contributed by atoms with Gasteiger partial charge in [0.05, 0.1) is 32.2 Å². The molecule has 0 bridgehead atoms. The Kier molecular flexibility index (Phi) is 27.0. The average Bonchev–Trinajstić information content (AvgIpc) is 3.41. The van der Waals surface area contributed by atoms with Crippen LogP contribution in [0.3, 0.4) is 0 Å². The fourth-order valence-corrected chi connectivity index (χ4v) is 11.1. The first-order valence-electron chi connectivity index (χ1n) is 27.8. The van der Waals surface area contributed by atoms with Gasteiger partial charge in [-0.15, -0.1) is 0 Å². The molecular formula is C70H93F2NaO7. The third-order valence-corrected chi connectivity index (χ3v) is 16.8. The molecule has 6 rings (SSSR count). The second-order valence-corrected chi connectivity index (χ2v) is 23.7. The first kappa shape index (κ1) is 71.1. The van der Waals surface area contributed by atoms with Crippen LogP contribution in [0, 0.1) is 50.2 Å². The fraction of sp³-hybridized carbons (Fsp3) is 0.457. The van der Waals surface area contributed by atoms with Crippen molar-refractivity contribution in [2.45, 2.75) is 192 Å². The number of halogens is 2. The summed E-state index contributed by atoms with van der Waals surface area (Å²) in [7, 11) is 1.31. The smallest absolute Gasteiger partial charge is 0.870 e. The number of aliphatic carboxylic acids is 1. The number of hydrogen-bond acceptors (Lipinski definition) is 6. The van der Waals surface area contributed by atoms with Crippen molar-refractivity contribution < 1.29 is 73.5 Å². The fourth-order valence-electron chi connectivity index (χ4n) is 11.1. The van der Waals surface area contributed by atoms with Gasteiger partial charge in [0.1, 0.15) is 11.6 Å². The van der Waals surface area contributed by atoms with Gasteiger partial charge in [-0.2, -0.15) is 0 Å². The maximum Gasteiger partial charge on any atom is 1.00 e. The van der Waals surface area contributed by atoms with Crippen molar-refractivity contribution in [1.29, 1.82) is 0 Å². The molecule has 0 amide bonds. The van der Waals surface area contributed by atoms with Gasteiger partial charge < -0.3 is 25.5 Å². The summed E-state index contributed by atoms with van der Waals surface area (Å²) < 4.78 is 34.0. The number of rotatable bonds is 20. The van der Waals surface area contributed by atoms with Crippen LogP contribution in [0.5, 0.6) is 0 Å². The first-order valence-corrected chi connectivity index (χ1v) is 27.8. The molecule has 0 aliphatic heterocycles. The van der Waals surface area contributed by atoms with E-state index in [2.05, 4.69) is 168 Å². The van der Waals surface area contributed by atoms with E-state index in [1.54, 1.807) is 18.2 Å². The third-order valence-electron chi connectivity index (χ3n) is 16.8. The summed E-state index contributed by atoms with van der Waals surface area (Å²) in [5.41, 5.74) is 15.8. The van der Waals surface area contributed by atoms with Gasteiger partial charge in [0, 0.05) is 10.8 Å². The van der Waals surface area contributed by atoms with E-state index in [0.717, 1.165) is 84.7 Å². The minimum absolute atomic E-state index is 0. The van der Waals surface area contributed by atoms with E-state index in [0.29, 0.717) is 5.56 Å². The van der Waals surface area contributed by atoms with Gasteiger partial charge in [-0.3, -0.25) is 9.59 Å². The molecule has 80 heavy (non-hydrogen) atoms. The number of ether oxygens (including phenoxy) is 1. The maximum atomic E-state index is 14.8. The Balaban J connectivity index is 0.000000527. The van der Waals surface area contributed by atoms with E-state index in [9.17, 15) is 28.6 Å². The van der Waals surface area contributed by atoms with Crippen molar-refractivity contribution >= 4 is 11.9 Å². The van der Waals surface area contributed by atoms with E-state index in [1.165, 1.54) is 63.8 Å². The maximum absolute atomic E-state index is 14.8. The van der Waals surface area contributed by atoms with Gasteiger partial charge in [0.25, 0.3) is 0 Å². The standard InChI is InChI=1S/C35H45FO3.C34H43FO3.CH4.Na.H2O/c1-9-35(10-2,28-15-13-25(23(3)19-28)14-18-32(37)34(5,6)7)29-16-17-30(24(4)20-29)26-11-12-27(31(36)21-26)22-33(38)39-8;1-8-34(9-2,27-14-12-24(22(3)18-27)13-17-31(36)33(5,6)7)28-15-16-29(23(4)19-28)25-10-11-26(21-32(37)38)30(35)20-25;;;/h11-13,15-17,19-21,32,37H,9-10,14,18,22H2,1-8H3;10-12,14-16,18-20,31,36H,8-9,13,17,21H2,1-7H3,(H,37,38);1H4;;1H2/q;;;+1;/p-1. The Bertz CT molecular complexity index is 2990. The molecule has 0 radical (unpaired) electrons. The van der Waals surface area contributed by atoms with Gasteiger partial charge in [-0.1, -0.05) is 174 Å². The number of methoxy groups -OCH3 is 1. The van der Waals surface area contributed by atoms with E-state index in [1.807, 2.05) is 13.0 Å². The molecule has 4 N–H and O–H groups in total. The Morgan fingerprint density at radius 1 is 0.500 bits per heavy atom. The Morgan fingerprint density at radius 2 is 0.812 bits per heavy atom. The molecule has 2 unspecified atom stereocenters. The topological polar surface area (TPSA) is 134 Å². The quantitative estimate of drug-likeness (QED) is 0.0512. The van der Waals surface area contributed by atoms with Crippen LogP contribution in [0.25, 0.3) is 22.3 Å². The third kappa shape index (κ3) is 17.0. The van der Waals surface area contributed by atoms with Crippen LogP contribution in [-0.4, -0.2) is 52.1 Å². The van der Waals surface area contributed by atoms with Crippen molar-refractivity contribution in [3.63, 3.8) is 0 Å². The molecule has 6 aromatic rings. The molecule has 0 fully saturated rings. The summed E-state index contributed by atoms with van der Waals surface area (Å²) >= 11 is 0. The zero-order chi connectivity index (χ0) is 57.2. The van der Waals surface area contributed by atoms with Crippen LogP contribution in [-0.2, 0) is 50.8 Å². The molecule has 7 nitrogen and oxygen atoms in total. The average molecular weight is 1110 g/mol. The summed E-state index contributed by atoms with van der Waals surface area (Å²) in [5.74, 6) is -2.39. The predicted molar refractivity (Wildman–Crippen MR) is 322 cm³/mol. The molecule has 6 aromatic carbocycles. The van der Waals surface area contributed by atoms with Gasteiger partial charge in [-0.05, 0) is 191 Å². The van der Waals surface area contributed by atoms with Crippen LogP contribution in [0.1, 0.15) is 182 Å². The molecular weight excluding hydrogens is 1010 g/mol. The molecule has 430 valence electrons. The van der Waals surface area contributed by atoms with Gasteiger partial charge in [0.2, 0.25) is 0 Å². The second-order valence-electron chi connectivity index (χ2n) is 23.7. The number of carboxylic acid groups (broad SMARTS) is 1. The number of hydrogen-bond donors (Lipinski definition) is 3. The summed E-state index contributed by atoms with van der Waals surface area (Å²) in [6.45, 7) is 29.8. The zero-order valence-corrected chi connectivity index (χ0v) is 52.4. The van der Waals surface area contributed by atoms with E-state index in [-0.39, 0.29) is 94.7 Å². The predicted octanol–water partition coefficient (Wildman–Crippen LogP) is 13.9. The summed E-state index contributed by atoms with van der Waals surface area (Å²) in [4.78, 5) is 22.6. The SMILES string of the molecule is C.CCC(CC)(c1ccc(CCC(O)C(C)(C)C)c(C)c1)c1ccc(-c2ccc(CC(=O)O)c(F)c2)c(C)c1.CCC(CC)(c1ccc(CCC(O)C(C)(C)C)c(C)c1)c1ccc(-c2ccc(CC(=O)OC)c(F)c2)c(C)c1.[Na+].[OH-]. The van der Waals surface area contributed by atoms with Crippen molar-refractivity contribution in [1.82, 2.24) is 0 Å². The first-order chi connectivity index (χ1) is 36.2. The molecule has 0 aliphatic rings. The number of benzene rings is 6. The largest absolute Gasteiger partial charge is 1.00 e.